The summed E-state index contributed by atoms with van der Waals surface area (Å²) in [5.41, 5.74) is 1.65. The van der Waals surface area contributed by atoms with Crippen LogP contribution in [0.5, 0.6) is 0 Å². The quantitative estimate of drug-likeness (QED) is 0.868. The summed E-state index contributed by atoms with van der Waals surface area (Å²) < 4.78 is 0. The predicted octanol–water partition coefficient (Wildman–Crippen LogP) is 1.04. The minimum atomic E-state index is -1.07. The van der Waals surface area contributed by atoms with Gasteiger partial charge in [0.25, 0.3) is 0 Å². The van der Waals surface area contributed by atoms with Crippen molar-refractivity contribution in [3.63, 3.8) is 0 Å². The van der Waals surface area contributed by atoms with Gasteiger partial charge in [-0.25, -0.2) is 4.79 Å². The van der Waals surface area contributed by atoms with Crippen LogP contribution in [0.3, 0.4) is 0 Å². The van der Waals surface area contributed by atoms with E-state index in [-0.39, 0.29) is 12.8 Å². The molecule has 0 aliphatic carbocycles. The highest BCUT2D eigenvalue weighted by Crippen LogP contribution is 2.31. The summed E-state index contributed by atoms with van der Waals surface area (Å²) >= 11 is 0. The standard InChI is InChI=1S/C14H17N3O4/c1-16-8-9-17(11-5-3-2-4-10(11)16)14(21)15-12(18)6-7-13(19)20/h2-5H,6-9H2,1H3,(H,19,20)(H,15,18,21). The van der Waals surface area contributed by atoms with Gasteiger partial charge in [-0.05, 0) is 12.1 Å². The number of carboxylic acids is 1. The molecule has 1 aromatic rings. The number of urea groups is 1. The molecule has 2 N–H and O–H groups in total. The maximum absolute atomic E-state index is 12.2. The second-order valence-electron chi connectivity index (χ2n) is 4.81. The topological polar surface area (TPSA) is 90.0 Å². The lowest BCUT2D eigenvalue weighted by Crippen LogP contribution is -2.48. The molecule has 3 amide bonds. The van der Waals surface area contributed by atoms with Gasteiger partial charge in [-0.2, -0.15) is 0 Å². The predicted molar refractivity (Wildman–Crippen MR) is 77.5 cm³/mol. The Bertz CT molecular complexity index is 573. The van der Waals surface area contributed by atoms with E-state index < -0.39 is 17.9 Å². The smallest absolute Gasteiger partial charge is 0.328 e. The highest BCUT2D eigenvalue weighted by Gasteiger charge is 2.25. The fourth-order valence-electron chi connectivity index (χ4n) is 2.19. The van der Waals surface area contributed by atoms with Crippen LogP contribution < -0.4 is 15.1 Å². The van der Waals surface area contributed by atoms with Gasteiger partial charge in [-0.15, -0.1) is 0 Å². The van der Waals surface area contributed by atoms with Gasteiger partial charge in [0.2, 0.25) is 5.91 Å². The summed E-state index contributed by atoms with van der Waals surface area (Å²) in [4.78, 5) is 37.6. The minimum absolute atomic E-state index is 0.212. The van der Waals surface area contributed by atoms with E-state index in [0.29, 0.717) is 13.1 Å². The zero-order chi connectivity index (χ0) is 15.4. The summed E-state index contributed by atoms with van der Waals surface area (Å²) in [6.07, 6.45) is -0.505. The Morgan fingerprint density at radius 3 is 2.48 bits per heavy atom. The van der Waals surface area contributed by atoms with Crippen molar-refractivity contribution in [2.24, 2.45) is 0 Å². The number of nitrogens with one attached hydrogen (secondary N) is 1. The summed E-state index contributed by atoms with van der Waals surface area (Å²) in [5, 5.41) is 10.8. The van der Waals surface area contributed by atoms with Crippen molar-refractivity contribution in [2.45, 2.75) is 12.8 Å². The van der Waals surface area contributed by atoms with Crippen LogP contribution in [-0.4, -0.2) is 43.2 Å². The Morgan fingerprint density at radius 1 is 1.14 bits per heavy atom. The average Bonchev–Trinajstić information content (AvgIpc) is 2.45. The molecule has 0 saturated heterocycles. The van der Waals surface area contributed by atoms with E-state index in [1.54, 1.807) is 0 Å². The molecule has 0 fully saturated rings. The zero-order valence-electron chi connectivity index (χ0n) is 11.7. The van der Waals surface area contributed by atoms with Crippen LogP contribution in [-0.2, 0) is 9.59 Å². The second-order valence-corrected chi connectivity index (χ2v) is 4.81. The zero-order valence-corrected chi connectivity index (χ0v) is 11.7. The van der Waals surface area contributed by atoms with Crippen LogP contribution >= 0.6 is 0 Å². The Morgan fingerprint density at radius 2 is 1.81 bits per heavy atom. The third kappa shape index (κ3) is 3.50. The van der Waals surface area contributed by atoms with Crippen molar-refractivity contribution in [1.82, 2.24) is 5.32 Å². The molecule has 1 aliphatic rings. The van der Waals surface area contributed by atoms with Gasteiger partial charge in [0.1, 0.15) is 0 Å². The number of fused-ring (bicyclic) bond motifs is 1. The molecule has 112 valence electrons. The number of nitrogens with zero attached hydrogens (tertiary/aromatic N) is 2. The SMILES string of the molecule is CN1CCN(C(=O)NC(=O)CCC(=O)O)c2ccccc21. The van der Waals surface area contributed by atoms with E-state index in [1.165, 1.54) is 4.90 Å². The first-order valence-corrected chi connectivity index (χ1v) is 6.62. The van der Waals surface area contributed by atoms with Crippen LogP contribution in [0, 0.1) is 0 Å². The van der Waals surface area contributed by atoms with Crippen LogP contribution in [0.25, 0.3) is 0 Å². The molecule has 1 aliphatic heterocycles. The molecule has 0 aromatic heterocycles. The van der Waals surface area contributed by atoms with Crippen molar-refractivity contribution >= 4 is 29.3 Å². The Hall–Kier alpha value is -2.57. The van der Waals surface area contributed by atoms with Gasteiger partial charge in [0, 0.05) is 26.6 Å². The molecule has 0 saturated carbocycles. The first-order chi connectivity index (χ1) is 9.99. The van der Waals surface area contributed by atoms with E-state index in [2.05, 4.69) is 5.32 Å². The monoisotopic (exact) mass is 291 g/mol. The molecule has 0 atom stereocenters. The number of hydrogen-bond donors (Lipinski definition) is 2. The fourth-order valence-corrected chi connectivity index (χ4v) is 2.19. The molecular weight excluding hydrogens is 274 g/mol. The molecule has 7 heteroatoms. The van der Waals surface area contributed by atoms with Crippen molar-refractivity contribution in [1.29, 1.82) is 0 Å². The van der Waals surface area contributed by atoms with Gasteiger partial charge in [-0.1, -0.05) is 12.1 Å². The largest absolute Gasteiger partial charge is 0.481 e. The number of carbonyl (C=O) groups is 3. The number of aliphatic carboxylic acids is 1. The van der Waals surface area contributed by atoms with Crippen molar-refractivity contribution in [2.75, 3.05) is 29.9 Å². The molecule has 21 heavy (non-hydrogen) atoms. The van der Waals surface area contributed by atoms with E-state index in [9.17, 15) is 14.4 Å². The lowest BCUT2D eigenvalue weighted by atomic mass is 10.2. The molecule has 2 rings (SSSR count). The highest BCUT2D eigenvalue weighted by molar-refractivity contribution is 6.05. The highest BCUT2D eigenvalue weighted by atomic mass is 16.4. The summed E-state index contributed by atoms with van der Waals surface area (Å²) in [6, 6.07) is 6.90. The Kier molecular flexibility index (Phi) is 4.42. The number of para-hydroxylation sites is 2. The molecule has 0 radical (unpaired) electrons. The van der Waals surface area contributed by atoms with Crippen LogP contribution in [0.2, 0.25) is 0 Å². The number of rotatable bonds is 3. The first kappa shape index (κ1) is 14.8. The van der Waals surface area contributed by atoms with Crippen molar-refractivity contribution in [3.05, 3.63) is 24.3 Å². The van der Waals surface area contributed by atoms with Gasteiger partial charge < -0.3 is 10.0 Å². The number of likely N-dealkylation sites (N-methyl/N-ethyl adjacent to an activating group) is 1. The van der Waals surface area contributed by atoms with Gasteiger partial charge in [-0.3, -0.25) is 19.8 Å². The number of amides is 3. The van der Waals surface area contributed by atoms with Gasteiger partial charge in [0.15, 0.2) is 0 Å². The van der Waals surface area contributed by atoms with E-state index in [1.807, 2.05) is 36.2 Å². The number of carbonyl (C=O) groups excluding carboxylic acids is 2. The van der Waals surface area contributed by atoms with E-state index in [4.69, 9.17) is 5.11 Å². The third-order valence-corrected chi connectivity index (χ3v) is 3.30. The van der Waals surface area contributed by atoms with E-state index >= 15 is 0 Å². The number of anilines is 2. The van der Waals surface area contributed by atoms with Crippen LogP contribution in [0.1, 0.15) is 12.8 Å². The molecule has 7 nitrogen and oxygen atoms in total. The Balaban J connectivity index is 2.05. The number of benzene rings is 1. The minimum Gasteiger partial charge on any atom is -0.481 e. The van der Waals surface area contributed by atoms with Crippen molar-refractivity contribution < 1.29 is 19.5 Å². The lowest BCUT2D eigenvalue weighted by Gasteiger charge is -2.35. The Labute approximate surface area is 122 Å². The maximum atomic E-state index is 12.2. The number of hydrogen-bond acceptors (Lipinski definition) is 4. The molecule has 0 bridgehead atoms. The van der Waals surface area contributed by atoms with Crippen LogP contribution in [0.4, 0.5) is 16.2 Å². The number of imide groups is 1. The molecular formula is C14H17N3O4. The lowest BCUT2D eigenvalue weighted by molar-refractivity contribution is -0.138. The summed E-state index contributed by atoms with van der Waals surface area (Å²) in [6.45, 7) is 1.12. The normalized spacial score (nSPS) is 13.6. The fraction of sp³-hybridized carbons (Fsp3) is 0.357. The second kappa shape index (κ2) is 6.25. The maximum Gasteiger partial charge on any atom is 0.328 e. The molecule has 1 aromatic carbocycles. The summed E-state index contributed by atoms with van der Waals surface area (Å²) in [7, 11) is 1.94. The van der Waals surface area contributed by atoms with Crippen molar-refractivity contribution in [3.8, 4) is 0 Å². The molecule has 1 heterocycles. The first-order valence-electron chi connectivity index (χ1n) is 6.62. The van der Waals surface area contributed by atoms with Gasteiger partial charge >= 0.3 is 12.0 Å². The van der Waals surface area contributed by atoms with Crippen LogP contribution in [0.15, 0.2) is 24.3 Å². The van der Waals surface area contributed by atoms with Gasteiger partial charge in [0.05, 0.1) is 17.8 Å². The molecule has 0 unspecified atom stereocenters. The number of carboxylic acid groups (broad SMARTS) is 1. The summed E-state index contributed by atoms with van der Waals surface area (Å²) in [5.74, 6) is -1.65. The van der Waals surface area contributed by atoms with E-state index in [0.717, 1.165) is 11.4 Å². The third-order valence-electron chi connectivity index (χ3n) is 3.30. The average molecular weight is 291 g/mol. The molecule has 0 spiro atoms.